The fourth-order valence-corrected chi connectivity index (χ4v) is 2.97. The summed E-state index contributed by atoms with van der Waals surface area (Å²) in [5, 5.41) is 9.31. The third-order valence-electron chi connectivity index (χ3n) is 3.21. The number of benzene rings is 1. The molecule has 1 aliphatic heterocycles. The van der Waals surface area contributed by atoms with Crippen molar-refractivity contribution in [3.8, 4) is 0 Å². The Kier molecular flexibility index (Phi) is 4.61. The highest BCUT2D eigenvalue weighted by molar-refractivity contribution is 14.1. The lowest BCUT2D eigenvalue weighted by molar-refractivity contribution is 0.125. The highest BCUT2D eigenvalue weighted by Gasteiger charge is 2.26. The molecule has 1 heterocycles. The van der Waals surface area contributed by atoms with Crippen LogP contribution in [0.3, 0.4) is 0 Å². The molecule has 0 aromatic heterocycles. The molecule has 1 saturated heterocycles. The minimum absolute atomic E-state index is 0.318. The topological polar surface area (TPSA) is 23.5 Å². The van der Waals surface area contributed by atoms with E-state index in [2.05, 4.69) is 57.8 Å². The van der Waals surface area contributed by atoms with E-state index in [1.165, 1.54) is 12.0 Å². The molecule has 0 unspecified atom stereocenters. The number of aliphatic hydroxyl groups excluding tert-OH is 1. The number of halogens is 1. The van der Waals surface area contributed by atoms with Gasteiger partial charge in [0, 0.05) is 29.5 Å². The van der Waals surface area contributed by atoms with Gasteiger partial charge in [-0.15, -0.1) is 0 Å². The number of nitrogens with zero attached hydrogens (tertiary/aromatic N) is 1. The number of piperidine rings is 1. The lowest BCUT2D eigenvalue weighted by Crippen LogP contribution is -2.41. The first kappa shape index (κ1) is 12.3. The van der Waals surface area contributed by atoms with E-state index in [1.807, 2.05) is 0 Å². The zero-order chi connectivity index (χ0) is 11.4. The lowest BCUT2D eigenvalue weighted by Gasteiger charge is -2.35. The van der Waals surface area contributed by atoms with Crippen molar-refractivity contribution in [1.29, 1.82) is 0 Å². The summed E-state index contributed by atoms with van der Waals surface area (Å²) in [5.41, 5.74) is 1.37. The highest BCUT2D eigenvalue weighted by Crippen LogP contribution is 2.24. The first-order valence-corrected chi connectivity index (χ1v) is 7.05. The first-order chi connectivity index (χ1) is 7.79. The molecule has 0 saturated carbocycles. The molecule has 0 spiro atoms. The Bertz CT molecular complexity index is 317. The van der Waals surface area contributed by atoms with Gasteiger partial charge in [-0.2, -0.15) is 0 Å². The van der Waals surface area contributed by atoms with Crippen LogP contribution in [0.4, 0.5) is 0 Å². The van der Waals surface area contributed by atoms with Gasteiger partial charge in [-0.25, -0.2) is 0 Å². The van der Waals surface area contributed by atoms with Crippen molar-refractivity contribution >= 4 is 22.6 Å². The third kappa shape index (κ3) is 3.18. The van der Waals surface area contributed by atoms with Gasteiger partial charge in [-0.05, 0) is 18.5 Å². The van der Waals surface area contributed by atoms with Crippen LogP contribution in [0.5, 0.6) is 0 Å². The van der Waals surface area contributed by atoms with Crippen molar-refractivity contribution < 1.29 is 5.11 Å². The van der Waals surface area contributed by atoms with E-state index < -0.39 is 0 Å². The summed E-state index contributed by atoms with van der Waals surface area (Å²) in [5.74, 6) is 0.443. The summed E-state index contributed by atoms with van der Waals surface area (Å²) in [4.78, 5) is 2.45. The highest BCUT2D eigenvalue weighted by atomic mass is 127. The molecule has 2 nitrogen and oxygen atoms in total. The summed E-state index contributed by atoms with van der Waals surface area (Å²) in [6.07, 6.45) is 1.19. The summed E-state index contributed by atoms with van der Waals surface area (Å²) < 4.78 is 0.634. The van der Waals surface area contributed by atoms with E-state index in [-0.39, 0.29) is 0 Å². The molecule has 16 heavy (non-hydrogen) atoms. The Hall–Kier alpha value is -0.130. The molecule has 1 aliphatic rings. The van der Waals surface area contributed by atoms with Crippen molar-refractivity contribution in [1.82, 2.24) is 4.90 Å². The number of hydrogen-bond acceptors (Lipinski definition) is 2. The van der Waals surface area contributed by atoms with E-state index in [1.54, 1.807) is 0 Å². The van der Waals surface area contributed by atoms with Crippen molar-refractivity contribution in [2.75, 3.05) is 19.7 Å². The Labute approximate surface area is 111 Å². The largest absolute Gasteiger partial charge is 0.396 e. The lowest BCUT2D eigenvalue weighted by atomic mass is 9.98. The molecular weight excluding hydrogens is 313 g/mol. The zero-order valence-electron chi connectivity index (χ0n) is 9.35. The van der Waals surface area contributed by atoms with E-state index in [9.17, 15) is 5.11 Å². The molecule has 1 N–H and O–H groups in total. The van der Waals surface area contributed by atoms with Crippen LogP contribution in [0.2, 0.25) is 0 Å². The minimum atomic E-state index is 0.318. The van der Waals surface area contributed by atoms with E-state index in [0.717, 1.165) is 19.6 Å². The Balaban J connectivity index is 1.92. The molecule has 1 aromatic carbocycles. The van der Waals surface area contributed by atoms with E-state index in [0.29, 0.717) is 16.4 Å². The van der Waals surface area contributed by atoms with Gasteiger partial charge in [-0.3, -0.25) is 4.90 Å². The smallest absolute Gasteiger partial charge is 0.0481 e. The molecule has 0 aliphatic carbocycles. The standard InChI is InChI=1S/C13H18INO/c14-13-6-7-15(9-12(13)10-16)8-11-4-2-1-3-5-11/h1-5,12-13,16H,6-10H2/t12-,13-/m0/s1. The normalized spacial score (nSPS) is 26.9. The molecule has 0 amide bonds. The second-order valence-electron chi connectivity index (χ2n) is 4.47. The molecule has 0 bridgehead atoms. The van der Waals surface area contributed by atoms with Gasteiger partial charge in [0.25, 0.3) is 0 Å². The Morgan fingerprint density at radius 3 is 2.75 bits per heavy atom. The SMILES string of the molecule is OC[C@@H]1CN(Cc2ccccc2)CC[C@@H]1I. The van der Waals surface area contributed by atoms with Crippen molar-refractivity contribution in [2.45, 2.75) is 16.9 Å². The summed E-state index contributed by atoms with van der Waals surface area (Å²) in [6, 6.07) is 10.6. The molecule has 1 fully saturated rings. The molecule has 88 valence electrons. The van der Waals surface area contributed by atoms with Gasteiger partial charge in [0.15, 0.2) is 0 Å². The van der Waals surface area contributed by atoms with Crippen LogP contribution in [0, 0.1) is 5.92 Å². The molecular formula is C13H18INO. The zero-order valence-corrected chi connectivity index (χ0v) is 11.5. The summed E-state index contributed by atoms with van der Waals surface area (Å²) in [7, 11) is 0. The predicted molar refractivity (Wildman–Crippen MR) is 74.7 cm³/mol. The van der Waals surface area contributed by atoms with E-state index >= 15 is 0 Å². The average molecular weight is 331 g/mol. The summed E-state index contributed by atoms with van der Waals surface area (Å²) in [6.45, 7) is 3.51. The number of likely N-dealkylation sites (tertiary alicyclic amines) is 1. The van der Waals surface area contributed by atoms with Gasteiger partial charge >= 0.3 is 0 Å². The first-order valence-electron chi connectivity index (χ1n) is 5.81. The van der Waals surface area contributed by atoms with Crippen LogP contribution in [0.15, 0.2) is 30.3 Å². The van der Waals surface area contributed by atoms with Gasteiger partial charge in [0.05, 0.1) is 0 Å². The van der Waals surface area contributed by atoms with E-state index in [4.69, 9.17) is 0 Å². The van der Waals surface area contributed by atoms with Crippen LogP contribution in [0.25, 0.3) is 0 Å². The van der Waals surface area contributed by atoms with Crippen molar-refractivity contribution in [2.24, 2.45) is 5.92 Å². The van der Waals surface area contributed by atoms with Crippen LogP contribution in [0.1, 0.15) is 12.0 Å². The van der Waals surface area contributed by atoms with Crippen LogP contribution < -0.4 is 0 Å². The Morgan fingerprint density at radius 1 is 1.31 bits per heavy atom. The van der Waals surface area contributed by atoms with Crippen LogP contribution in [-0.4, -0.2) is 33.6 Å². The molecule has 2 rings (SSSR count). The number of aliphatic hydroxyl groups is 1. The van der Waals surface area contributed by atoms with Gasteiger partial charge in [-0.1, -0.05) is 52.9 Å². The quantitative estimate of drug-likeness (QED) is 0.679. The average Bonchev–Trinajstić information content (AvgIpc) is 2.33. The Morgan fingerprint density at radius 2 is 2.06 bits per heavy atom. The number of alkyl halides is 1. The fraction of sp³-hybridized carbons (Fsp3) is 0.538. The maximum Gasteiger partial charge on any atom is 0.0481 e. The fourth-order valence-electron chi connectivity index (χ4n) is 2.24. The maximum absolute atomic E-state index is 9.31. The number of hydrogen-bond donors (Lipinski definition) is 1. The maximum atomic E-state index is 9.31. The summed E-state index contributed by atoms with van der Waals surface area (Å²) >= 11 is 2.47. The molecule has 1 aromatic rings. The molecule has 2 atom stereocenters. The second kappa shape index (κ2) is 5.98. The molecule has 0 radical (unpaired) electrons. The minimum Gasteiger partial charge on any atom is -0.396 e. The molecule has 3 heteroatoms. The number of rotatable bonds is 3. The van der Waals surface area contributed by atoms with Crippen molar-refractivity contribution in [3.05, 3.63) is 35.9 Å². The third-order valence-corrected chi connectivity index (χ3v) is 4.85. The predicted octanol–water partition coefficient (Wildman–Crippen LogP) is 2.30. The monoisotopic (exact) mass is 331 g/mol. The van der Waals surface area contributed by atoms with Crippen LogP contribution in [-0.2, 0) is 6.54 Å². The van der Waals surface area contributed by atoms with Gasteiger partial charge in [0.2, 0.25) is 0 Å². The second-order valence-corrected chi connectivity index (χ2v) is 6.07. The van der Waals surface area contributed by atoms with Gasteiger partial charge < -0.3 is 5.11 Å². The van der Waals surface area contributed by atoms with Crippen molar-refractivity contribution in [3.63, 3.8) is 0 Å². The van der Waals surface area contributed by atoms with Crippen LogP contribution >= 0.6 is 22.6 Å². The van der Waals surface area contributed by atoms with Gasteiger partial charge in [0.1, 0.15) is 0 Å².